The molecule has 156 valence electrons. The van der Waals surface area contributed by atoms with Gasteiger partial charge in [-0.25, -0.2) is 0 Å². The van der Waals surface area contributed by atoms with Crippen LogP contribution in [0.15, 0.2) is 36.7 Å². The van der Waals surface area contributed by atoms with Crippen LogP contribution >= 0.6 is 0 Å². The van der Waals surface area contributed by atoms with Crippen LogP contribution < -0.4 is 10.6 Å². The Balaban J connectivity index is 2.21. The smallest absolute Gasteiger partial charge is 0.257 e. The van der Waals surface area contributed by atoms with E-state index in [1.807, 2.05) is 18.2 Å². The quantitative estimate of drug-likeness (QED) is 0.617. The number of nitrogens with zero attached hydrogens (tertiary/aromatic N) is 1. The second-order valence-corrected chi connectivity index (χ2v) is 7.64. The summed E-state index contributed by atoms with van der Waals surface area (Å²) >= 11 is 0. The fraction of sp³-hybridized carbons (Fsp3) is 0.435. The van der Waals surface area contributed by atoms with Gasteiger partial charge in [-0.15, -0.1) is 0 Å². The third kappa shape index (κ3) is 6.12. The molecule has 2 rings (SSSR count). The van der Waals surface area contributed by atoms with E-state index in [0.717, 1.165) is 23.2 Å². The van der Waals surface area contributed by atoms with Gasteiger partial charge in [-0.05, 0) is 35.4 Å². The van der Waals surface area contributed by atoms with Crippen molar-refractivity contribution in [3.05, 3.63) is 58.9 Å². The van der Waals surface area contributed by atoms with Crippen LogP contribution in [0.2, 0.25) is 0 Å². The molecule has 0 aliphatic carbocycles. The molecule has 0 fully saturated rings. The summed E-state index contributed by atoms with van der Waals surface area (Å²) in [5.74, 6) is 0.00732. The van der Waals surface area contributed by atoms with Crippen LogP contribution in [0, 0.1) is 0 Å². The molecule has 0 saturated carbocycles. The Hall–Kier alpha value is -2.73. The molecule has 2 N–H and O–H groups in total. The number of nitrogens with one attached hydrogen (secondary N) is 2. The first-order valence-electron chi connectivity index (χ1n) is 10.0. The molecule has 0 aliphatic heterocycles. The van der Waals surface area contributed by atoms with E-state index in [2.05, 4.69) is 43.3 Å². The van der Waals surface area contributed by atoms with E-state index in [1.165, 1.54) is 12.4 Å². The molecule has 0 atom stereocenters. The topological polar surface area (TPSA) is 80.3 Å². The van der Waals surface area contributed by atoms with Crippen molar-refractivity contribution in [2.24, 2.45) is 0 Å². The van der Waals surface area contributed by atoms with Crippen LogP contribution in [-0.4, -0.2) is 37.1 Å². The lowest BCUT2D eigenvalue weighted by molar-refractivity contribution is 0.0948. The molecule has 0 bridgehead atoms. The van der Waals surface area contributed by atoms with E-state index in [4.69, 9.17) is 4.74 Å². The van der Waals surface area contributed by atoms with E-state index in [9.17, 15) is 9.59 Å². The minimum absolute atomic E-state index is 0.256. The minimum Gasteiger partial charge on any atom is -0.385 e. The largest absolute Gasteiger partial charge is 0.385 e. The normalized spacial score (nSPS) is 11.0. The summed E-state index contributed by atoms with van der Waals surface area (Å²) in [6.45, 7) is 9.49. The Morgan fingerprint density at radius 2 is 1.59 bits per heavy atom. The highest BCUT2D eigenvalue weighted by atomic mass is 16.5. The highest BCUT2D eigenvalue weighted by Gasteiger charge is 2.18. The molecule has 0 spiro atoms. The molecule has 6 nitrogen and oxygen atoms in total. The van der Waals surface area contributed by atoms with Gasteiger partial charge in [-0.1, -0.05) is 45.9 Å². The third-order valence-electron chi connectivity index (χ3n) is 4.68. The number of hydrogen-bond donors (Lipinski definition) is 2. The Morgan fingerprint density at radius 1 is 1.00 bits per heavy atom. The van der Waals surface area contributed by atoms with Gasteiger partial charge in [0.1, 0.15) is 0 Å². The maximum atomic E-state index is 12.9. The van der Waals surface area contributed by atoms with Gasteiger partial charge < -0.3 is 15.4 Å². The number of carbonyl (C=O) groups excluding carboxylic acids is 2. The maximum Gasteiger partial charge on any atom is 0.257 e. The van der Waals surface area contributed by atoms with Gasteiger partial charge in [0.2, 0.25) is 0 Å². The average Bonchev–Trinajstić information content (AvgIpc) is 2.70. The Kier molecular flexibility index (Phi) is 8.34. The molecular formula is C23H31N3O3. The summed E-state index contributed by atoms with van der Waals surface area (Å²) in [6.07, 6.45) is 3.66. The number of carbonyl (C=O) groups is 2. The number of methoxy groups -OCH3 is 1. The van der Waals surface area contributed by atoms with Gasteiger partial charge >= 0.3 is 0 Å². The molecule has 1 aromatic heterocycles. The van der Waals surface area contributed by atoms with Gasteiger partial charge in [0, 0.05) is 38.3 Å². The van der Waals surface area contributed by atoms with Crippen molar-refractivity contribution >= 4 is 17.5 Å². The summed E-state index contributed by atoms with van der Waals surface area (Å²) in [5.41, 5.74) is 3.73. The molecule has 1 aromatic carbocycles. The second-order valence-electron chi connectivity index (χ2n) is 7.64. The number of hydrogen-bond acceptors (Lipinski definition) is 4. The van der Waals surface area contributed by atoms with Crippen molar-refractivity contribution in [2.45, 2.75) is 46.0 Å². The summed E-state index contributed by atoms with van der Waals surface area (Å²) in [4.78, 5) is 29.3. The van der Waals surface area contributed by atoms with Gasteiger partial charge in [0.15, 0.2) is 0 Å². The zero-order valence-electron chi connectivity index (χ0n) is 17.9. The molecular weight excluding hydrogens is 366 g/mol. The first-order valence-corrected chi connectivity index (χ1v) is 10.0. The molecule has 2 aromatic rings. The lowest BCUT2D eigenvalue weighted by Gasteiger charge is -2.20. The van der Waals surface area contributed by atoms with Gasteiger partial charge in [0.25, 0.3) is 11.8 Å². The standard InChI is InChI=1S/C23H31N3O3/c1-15(2)19-8-6-9-20(16(3)4)21(19)26-23(28)18-12-17(13-24-14-18)22(27)25-10-7-11-29-5/h6,8-9,12-16H,7,10-11H2,1-5H3,(H,25,27)(H,26,28). The van der Waals surface area contributed by atoms with Crippen molar-refractivity contribution in [1.82, 2.24) is 10.3 Å². The zero-order valence-corrected chi connectivity index (χ0v) is 17.9. The molecule has 6 heteroatoms. The van der Waals surface area contributed by atoms with Gasteiger partial charge in [-0.3, -0.25) is 14.6 Å². The molecule has 0 unspecified atom stereocenters. The molecule has 0 aliphatic rings. The first kappa shape index (κ1) is 22.6. The number of aromatic nitrogens is 1. The predicted molar refractivity (Wildman–Crippen MR) is 116 cm³/mol. The van der Waals surface area contributed by atoms with E-state index in [1.54, 1.807) is 13.2 Å². The monoisotopic (exact) mass is 397 g/mol. The van der Waals surface area contributed by atoms with Crippen molar-refractivity contribution < 1.29 is 14.3 Å². The maximum absolute atomic E-state index is 12.9. The number of pyridine rings is 1. The lowest BCUT2D eigenvalue weighted by atomic mass is 9.92. The highest BCUT2D eigenvalue weighted by Crippen LogP contribution is 2.32. The lowest BCUT2D eigenvalue weighted by Crippen LogP contribution is -2.26. The molecule has 0 saturated heterocycles. The van der Waals surface area contributed by atoms with Crippen molar-refractivity contribution in [2.75, 3.05) is 25.6 Å². The summed E-state index contributed by atoms with van der Waals surface area (Å²) in [7, 11) is 1.62. The number of rotatable bonds is 9. The molecule has 2 amide bonds. The second kappa shape index (κ2) is 10.7. The SMILES string of the molecule is COCCCNC(=O)c1cncc(C(=O)Nc2c(C(C)C)cccc2C(C)C)c1. The number of amides is 2. The van der Waals surface area contributed by atoms with E-state index in [-0.39, 0.29) is 23.7 Å². The molecule has 1 heterocycles. The molecule has 29 heavy (non-hydrogen) atoms. The summed E-state index contributed by atoms with van der Waals surface area (Å²) < 4.78 is 4.97. The predicted octanol–water partition coefficient (Wildman–Crippen LogP) is 4.35. The van der Waals surface area contributed by atoms with E-state index < -0.39 is 0 Å². The van der Waals surface area contributed by atoms with Crippen LogP contribution in [0.1, 0.15) is 77.8 Å². The first-order chi connectivity index (χ1) is 13.8. The third-order valence-corrected chi connectivity index (χ3v) is 4.68. The van der Waals surface area contributed by atoms with E-state index >= 15 is 0 Å². The minimum atomic E-state index is -0.276. The van der Waals surface area contributed by atoms with Crippen molar-refractivity contribution in [3.63, 3.8) is 0 Å². The van der Waals surface area contributed by atoms with Crippen LogP contribution in [0.3, 0.4) is 0 Å². The average molecular weight is 398 g/mol. The highest BCUT2D eigenvalue weighted by molar-refractivity contribution is 6.06. The number of benzene rings is 1. The van der Waals surface area contributed by atoms with Crippen LogP contribution in [0.5, 0.6) is 0 Å². The Labute approximate surface area is 173 Å². The van der Waals surface area contributed by atoms with Crippen molar-refractivity contribution in [3.8, 4) is 0 Å². The Bertz CT molecular complexity index is 821. The van der Waals surface area contributed by atoms with Crippen LogP contribution in [0.4, 0.5) is 5.69 Å². The fourth-order valence-electron chi connectivity index (χ4n) is 3.09. The van der Waals surface area contributed by atoms with Crippen LogP contribution in [0.25, 0.3) is 0 Å². The van der Waals surface area contributed by atoms with E-state index in [0.29, 0.717) is 24.3 Å². The van der Waals surface area contributed by atoms with Crippen molar-refractivity contribution in [1.29, 1.82) is 0 Å². The van der Waals surface area contributed by atoms with Gasteiger partial charge in [-0.2, -0.15) is 0 Å². The summed E-state index contributed by atoms with van der Waals surface area (Å²) in [5, 5.41) is 5.86. The number of ether oxygens (including phenoxy) is 1. The van der Waals surface area contributed by atoms with Crippen LogP contribution in [-0.2, 0) is 4.74 Å². The fourth-order valence-corrected chi connectivity index (χ4v) is 3.09. The number of anilines is 1. The zero-order chi connectivity index (χ0) is 21.4. The van der Waals surface area contributed by atoms with Gasteiger partial charge in [0.05, 0.1) is 11.1 Å². The number of para-hydroxylation sites is 1. The molecule has 0 radical (unpaired) electrons. The Morgan fingerprint density at radius 3 is 2.14 bits per heavy atom. The summed E-state index contributed by atoms with van der Waals surface area (Å²) in [6, 6.07) is 7.67.